The first-order valence-corrected chi connectivity index (χ1v) is 10.1. The number of halogens is 3. The predicted octanol–water partition coefficient (Wildman–Crippen LogP) is 2.90. The van der Waals surface area contributed by atoms with Crippen molar-refractivity contribution in [3.63, 3.8) is 0 Å². The molecule has 0 spiro atoms. The number of nitrogens with zero attached hydrogens (tertiary/aromatic N) is 3. The Morgan fingerprint density at radius 2 is 2.03 bits per heavy atom. The van der Waals surface area contributed by atoms with Gasteiger partial charge in [-0.3, -0.25) is 15.2 Å². The number of amides is 1. The molecule has 3 heterocycles. The van der Waals surface area contributed by atoms with E-state index in [0.717, 1.165) is 18.9 Å². The molecule has 0 bridgehead atoms. The highest BCUT2D eigenvalue weighted by molar-refractivity contribution is 6.11. The first-order valence-electron chi connectivity index (χ1n) is 10.1. The van der Waals surface area contributed by atoms with Crippen molar-refractivity contribution in [2.24, 2.45) is 16.1 Å². The zero-order valence-electron chi connectivity index (χ0n) is 17.6. The highest BCUT2D eigenvalue weighted by atomic mass is 19.4. The third-order valence-electron chi connectivity index (χ3n) is 5.80. The lowest BCUT2D eigenvalue weighted by Crippen LogP contribution is -2.44. The molecule has 1 fully saturated rings. The molecule has 2 aliphatic heterocycles. The second kappa shape index (κ2) is 8.78. The van der Waals surface area contributed by atoms with E-state index in [-0.39, 0.29) is 22.6 Å². The van der Waals surface area contributed by atoms with Gasteiger partial charge in [-0.1, -0.05) is 13.0 Å². The number of carbonyl (C=O) groups is 1. The number of aliphatic imine (C=N–C) groups is 1. The SMILES string of the molecule is CC(=O)NCC1(C)CCN(c2ccc(C(F)(F)F)c(C(=N)C3=CCC=NC3N)n2)CC1. The van der Waals surface area contributed by atoms with E-state index >= 15 is 0 Å². The number of anilines is 1. The van der Waals surface area contributed by atoms with E-state index in [1.807, 2.05) is 4.90 Å². The lowest BCUT2D eigenvalue weighted by Gasteiger charge is -2.40. The van der Waals surface area contributed by atoms with Gasteiger partial charge in [0.1, 0.15) is 17.7 Å². The second-order valence-corrected chi connectivity index (χ2v) is 8.32. The molecule has 31 heavy (non-hydrogen) atoms. The van der Waals surface area contributed by atoms with Gasteiger partial charge in [-0.2, -0.15) is 13.2 Å². The fourth-order valence-electron chi connectivity index (χ4n) is 3.78. The zero-order valence-corrected chi connectivity index (χ0v) is 17.6. The van der Waals surface area contributed by atoms with Crippen LogP contribution in [-0.4, -0.2) is 48.6 Å². The van der Waals surface area contributed by atoms with Crippen LogP contribution in [0.3, 0.4) is 0 Å². The van der Waals surface area contributed by atoms with Gasteiger partial charge in [0.25, 0.3) is 0 Å². The Hall–Kier alpha value is -2.75. The van der Waals surface area contributed by atoms with E-state index in [9.17, 15) is 18.0 Å². The first kappa shape index (κ1) is 22.9. The summed E-state index contributed by atoms with van der Waals surface area (Å²) >= 11 is 0. The molecule has 4 N–H and O–H groups in total. The first-order chi connectivity index (χ1) is 14.5. The van der Waals surface area contributed by atoms with E-state index in [1.54, 1.807) is 12.3 Å². The van der Waals surface area contributed by atoms with Crippen LogP contribution in [0.2, 0.25) is 0 Å². The standard InChI is InChI=1S/C21H27F3N6O/c1-13(31)28-12-20(2)7-10-30(11-8-20)16-6-5-15(21(22,23)24)18(29-16)17(25)14-4-3-9-27-19(14)26/h4-6,9,19,25H,3,7-8,10-12,26H2,1-2H3,(H,28,31). The number of aromatic nitrogens is 1. The summed E-state index contributed by atoms with van der Waals surface area (Å²) in [5, 5.41) is 11.2. The molecular formula is C21H27F3N6O. The summed E-state index contributed by atoms with van der Waals surface area (Å²) in [6, 6.07) is 2.33. The Bertz CT molecular complexity index is 916. The zero-order chi connectivity index (χ0) is 22.8. The molecule has 0 saturated carbocycles. The topological polar surface area (TPSA) is 107 Å². The van der Waals surface area contributed by atoms with Crippen LogP contribution in [0.5, 0.6) is 0 Å². The van der Waals surface area contributed by atoms with Crippen molar-refractivity contribution in [3.05, 3.63) is 35.0 Å². The van der Waals surface area contributed by atoms with Crippen molar-refractivity contribution in [2.45, 2.75) is 45.5 Å². The largest absolute Gasteiger partial charge is 0.418 e. The van der Waals surface area contributed by atoms with Crippen LogP contribution in [0, 0.1) is 10.8 Å². The Balaban J connectivity index is 1.85. The lowest BCUT2D eigenvalue weighted by molar-refractivity contribution is -0.138. The van der Waals surface area contributed by atoms with Gasteiger partial charge in [-0.05, 0) is 30.4 Å². The number of nitrogens with one attached hydrogen (secondary N) is 2. The Labute approximate surface area is 179 Å². The minimum atomic E-state index is -4.64. The number of rotatable bonds is 5. The van der Waals surface area contributed by atoms with Gasteiger partial charge in [-0.25, -0.2) is 4.98 Å². The molecule has 1 aromatic heterocycles. The van der Waals surface area contributed by atoms with Gasteiger partial charge < -0.3 is 16.0 Å². The quantitative estimate of drug-likeness (QED) is 0.617. The van der Waals surface area contributed by atoms with Crippen LogP contribution in [0.1, 0.15) is 44.4 Å². The molecule has 10 heteroatoms. The summed E-state index contributed by atoms with van der Waals surface area (Å²) in [7, 11) is 0. The molecule has 3 rings (SSSR count). The number of allylic oxidation sites excluding steroid dienone is 1. The molecule has 2 aliphatic rings. The van der Waals surface area contributed by atoms with Crippen LogP contribution < -0.4 is 16.0 Å². The average Bonchev–Trinajstić information content (AvgIpc) is 2.72. The van der Waals surface area contributed by atoms with E-state index < -0.39 is 23.6 Å². The molecule has 168 valence electrons. The van der Waals surface area contributed by atoms with E-state index in [0.29, 0.717) is 31.9 Å². The molecule has 1 saturated heterocycles. The number of hydrogen-bond donors (Lipinski definition) is 3. The number of alkyl halides is 3. The van der Waals surface area contributed by atoms with Gasteiger partial charge in [0.2, 0.25) is 5.91 Å². The maximum atomic E-state index is 13.6. The van der Waals surface area contributed by atoms with Crippen LogP contribution in [0.15, 0.2) is 28.8 Å². The van der Waals surface area contributed by atoms with Crippen LogP contribution in [-0.2, 0) is 11.0 Å². The molecule has 0 radical (unpaired) electrons. The molecule has 1 unspecified atom stereocenters. The summed E-state index contributed by atoms with van der Waals surface area (Å²) in [6.07, 6.45) is -0.414. The molecule has 1 aromatic rings. The minimum absolute atomic E-state index is 0.0820. The van der Waals surface area contributed by atoms with Crippen LogP contribution in [0.4, 0.5) is 19.0 Å². The Morgan fingerprint density at radius 3 is 2.61 bits per heavy atom. The second-order valence-electron chi connectivity index (χ2n) is 8.32. The third-order valence-corrected chi connectivity index (χ3v) is 5.80. The summed E-state index contributed by atoms with van der Waals surface area (Å²) in [5.74, 6) is 0.304. The number of dihydropyridines is 1. The average molecular weight is 436 g/mol. The molecule has 0 aromatic carbocycles. The van der Waals surface area contributed by atoms with Gasteiger partial charge in [0, 0.05) is 44.8 Å². The summed E-state index contributed by atoms with van der Waals surface area (Å²) in [4.78, 5) is 21.4. The van der Waals surface area contributed by atoms with Crippen molar-refractivity contribution in [1.82, 2.24) is 10.3 Å². The van der Waals surface area contributed by atoms with Gasteiger partial charge >= 0.3 is 6.18 Å². The third kappa shape index (κ3) is 5.30. The monoisotopic (exact) mass is 436 g/mol. The van der Waals surface area contributed by atoms with Crippen molar-refractivity contribution < 1.29 is 18.0 Å². The summed E-state index contributed by atoms with van der Waals surface area (Å²) < 4.78 is 40.9. The smallest absolute Gasteiger partial charge is 0.357 e. The Kier molecular flexibility index (Phi) is 6.49. The van der Waals surface area contributed by atoms with E-state index in [1.165, 1.54) is 13.0 Å². The predicted molar refractivity (Wildman–Crippen MR) is 113 cm³/mol. The number of piperidine rings is 1. The van der Waals surface area contributed by atoms with Gasteiger partial charge in [-0.15, -0.1) is 0 Å². The Morgan fingerprint density at radius 1 is 1.35 bits per heavy atom. The minimum Gasteiger partial charge on any atom is -0.357 e. The number of nitrogens with two attached hydrogens (primary N) is 1. The lowest BCUT2D eigenvalue weighted by atomic mass is 9.80. The fourth-order valence-corrected chi connectivity index (χ4v) is 3.78. The molecular weight excluding hydrogens is 409 g/mol. The molecule has 1 amide bonds. The maximum Gasteiger partial charge on any atom is 0.418 e. The number of carbonyl (C=O) groups excluding carboxylic acids is 1. The fraction of sp³-hybridized carbons (Fsp3) is 0.524. The molecule has 7 nitrogen and oxygen atoms in total. The van der Waals surface area contributed by atoms with Crippen molar-refractivity contribution >= 4 is 23.7 Å². The van der Waals surface area contributed by atoms with E-state index in [4.69, 9.17) is 11.1 Å². The van der Waals surface area contributed by atoms with Gasteiger partial charge in [0.05, 0.1) is 11.3 Å². The maximum absolute atomic E-state index is 13.6. The summed E-state index contributed by atoms with van der Waals surface area (Å²) in [5.41, 5.74) is 4.28. The van der Waals surface area contributed by atoms with Crippen molar-refractivity contribution in [2.75, 3.05) is 24.5 Å². The number of hydrogen-bond acceptors (Lipinski definition) is 6. The highest BCUT2D eigenvalue weighted by Crippen LogP contribution is 2.36. The molecule has 0 aliphatic carbocycles. The summed E-state index contributed by atoms with van der Waals surface area (Å²) in [6.45, 7) is 5.29. The number of pyridine rings is 1. The van der Waals surface area contributed by atoms with Gasteiger partial charge in [0.15, 0.2) is 0 Å². The highest BCUT2D eigenvalue weighted by Gasteiger charge is 2.37. The van der Waals surface area contributed by atoms with Crippen molar-refractivity contribution in [1.29, 1.82) is 5.41 Å². The molecule has 1 atom stereocenters. The van der Waals surface area contributed by atoms with E-state index in [2.05, 4.69) is 22.2 Å². The van der Waals surface area contributed by atoms with Crippen LogP contribution >= 0.6 is 0 Å². The van der Waals surface area contributed by atoms with Crippen LogP contribution in [0.25, 0.3) is 0 Å². The normalized spacial score (nSPS) is 20.9. The van der Waals surface area contributed by atoms with Crippen molar-refractivity contribution in [3.8, 4) is 0 Å².